The van der Waals surface area contributed by atoms with Gasteiger partial charge in [0.2, 0.25) is 5.91 Å². The lowest BCUT2D eigenvalue weighted by atomic mass is 9.97. The Morgan fingerprint density at radius 1 is 1.44 bits per heavy atom. The molecule has 1 aliphatic heterocycles. The summed E-state index contributed by atoms with van der Waals surface area (Å²) in [7, 11) is 1.54. The maximum atomic E-state index is 12.6. The van der Waals surface area contributed by atoms with Gasteiger partial charge in [0.15, 0.2) is 0 Å². The molecular weight excluding hydrogens is 344 g/mol. The van der Waals surface area contributed by atoms with Crippen LogP contribution in [0.1, 0.15) is 26.7 Å². The molecule has 0 aromatic heterocycles. The molecule has 0 bridgehead atoms. The Morgan fingerprint density at radius 2 is 2.20 bits per heavy atom. The lowest BCUT2D eigenvalue weighted by Crippen LogP contribution is -2.48. The first kappa shape index (κ1) is 19.5. The highest BCUT2D eigenvalue weighted by Gasteiger charge is 2.31. The highest BCUT2D eigenvalue weighted by atomic mass is 35.5. The van der Waals surface area contributed by atoms with Crippen molar-refractivity contribution in [2.45, 2.75) is 32.7 Å². The minimum Gasteiger partial charge on any atom is -0.495 e. The van der Waals surface area contributed by atoms with Gasteiger partial charge in [-0.1, -0.05) is 11.6 Å². The van der Waals surface area contributed by atoms with E-state index in [9.17, 15) is 9.59 Å². The molecule has 0 radical (unpaired) electrons. The summed E-state index contributed by atoms with van der Waals surface area (Å²) in [5.41, 5.74) is 0.533. The highest BCUT2D eigenvalue weighted by molar-refractivity contribution is 6.31. The SMILES string of the molecule is CCOC(=O)C1CCCN(C(C)C(=O)Nc2cc(Cl)ccc2OC)C1. The van der Waals surface area contributed by atoms with Crippen LogP contribution in [-0.2, 0) is 14.3 Å². The molecule has 1 aliphatic rings. The van der Waals surface area contributed by atoms with E-state index in [2.05, 4.69) is 5.32 Å². The van der Waals surface area contributed by atoms with Crippen LogP contribution in [0.25, 0.3) is 0 Å². The summed E-state index contributed by atoms with van der Waals surface area (Å²) in [6.07, 6.45) is 1.66. The number of piperidine rings is 1. The molecule has 2 unspecified atom stereocenters. The van der Waals surface area contributed by atoms with Crippen LogP contribution in [0.5, 0.6) is 5.75 Å². The molecule has 1 fully saturated rings. The minimum atomic E-state index is -0.374. The second kappa shape index (κ2) is 9.06. The van der Waals surface area contributed by atoms with Gasteiger partial charge in [0, 0.05) is 11.6 Å². The van der Waals surface area contributed by atoms with Gasteiger partial charge < -0.3 is 14.8 Å². The summed E-state index contributed by atoms with van der Waals surface area (Å²) in [4.78, 5) is 26.6. The Kier molecular flexibility index (Phi) is 7.08. The van der Waals surface area contributed by atoms with Crippen molar-refractivity contribution in [3.63, 3.8) is 0 Å². The molecule has 1 aromatic carbocycles. The Labute approximate surface area is 153 Å². The predicted octanol–water partition coefficient (Wildman–Crippen LogP) is 2.95. The van der Waals surface area contributed by atoms with E-state index < -0.39 is 0 Å². The Hall–Kier alpha value is -1.79. The molecule has 1 heterocycles. The second-order valence-corrected chi connectivity index (χ2v) is 6.53. The molecule has 0 spiro atoms. The summed E-state index contributed by atoms with van der Waals surface area (Å²) >= 11 is 6.00. The lowest BCUT2D eigenvalue weighted by Gasteiger charge is -2.35. The number of amides is 1. The van der Waals surface area contributed by atoms with Crippen LogP contribution in [0, 0.1) is 5.92 Å². The highest BCUT2D eigenvalue weighted by Crippen LogP contribution is 2.28. The molecule has 25 heavy (non-hydrogen) atoms. The number of carbonyl (C=O) groups excluding carboxylic acids is 2. The van der Waals surface area contributed by atoms with Crippen LogP contribution < -0.4 is 10.1 Å². The molecule has 1 aromatic rings. The van der Waals surface area contributed by atoms with Gasteiger partial charge in [-0.3, -0.25) is 14.5 Å². The standard InChI is InChI=1S/C18H25ClN2O4/c1-4-25-18(23)13-6-5-9-21(11-13)12(2)17(22)20-15-10-14(19)7-8-16(15)24-3/h7-8,10,12-13H,4-6,9,11H2,1-3H3,(H,20,22). The molecule has 138 valence electrons. The number of halogens is 1. The topological polar surface area (TPSA) is 67.9 Å². The second-order valence-electron chi connectivity index (χ2n) is 6.10. The fourth-order valence-electron chi connectivity index (χ4n) is 2.99. The van der Waals surface area contributed by atoms with Gasteiger partial charge in [-0.05, 0) is 51.4 Å². The number of anilines is 1. The van der Waals surface area contributed by atoms with Crippen LogP contribution in [-0.4, -0.2) is 49.6 Å². The summed E-state index contributed by atoms with van der Waals surface area (Å²) in [5.74, 6) is 0.0269. The molecule has 2 atom stereocenters. The van der Waals surface area contributed by atoms with Gasteiger partial charge >= 0.3 is 5.97 Å². The van der Waals surface area contributed by atoms with Crippen LogP contribution in [0.2, 0.25) is 5.02 Å². The van der Waals surface area contributed by atoms with E-state index in [1.165, 1.54) is 7.11 Å². The number of nitrogens with one attached hydrogen (secondary N) is 1. The predicted molar refractivity (Wildman–Crippen MR) is 97.0 cm³/mol. The monoisotopic (exact) mass is 368 g/mol. The number of methoxy groups -OCH3 is 1. The average molecular weight is 369 g/mol. The van der Waals surface area contributed by atoms with E-state index in [-0.39, 0.29) is 23.8 Å². The molecule has 1 N–H and O–H groups in total. The van der Waals surface area contributed by atoms with Crippen LogP contribution in [0.15, 0.2) is 18.2 Å². The third-order valence-electron chi connectivity index (χ3n) is 4.42. The fourth-order valence-corrected chi connectivity index (χ4v) is 3.16. The summed E-state index contributed by atoms with van der Waals surface area (Å²) in [6.45, 7) is 5.31. The van der Waals surface area contributed by atoms with E-state index in [1.807, 2.05) is 11.8 Å². The summed E-state index contributed by atoms with van der Waals surface area (Å²) < 4.78 is 10.4. The van der Waals surface area contributed by atoms with Crippen molar-refractivity contribution in [2.24, 2.45) is 5.92 Å². The van der Waals surface area contributed by atoms with Gasteiger partial charge in [-0.25, -0.2) is 0 Å². The Bertz CT molecular complexity index is 623. The number of carbonyl (C=O) groups is 2. The maximum Gasteiger partial charge on any atom is 0.310 e. The first-order valence-electron chi connectivity index (χ1n) is 8.51. The van der Waals surface area contributed by atoms with Gasteiger partial charge in [-0.2, -0.15) is 0 Å². The van der Waals surface area contributed by atoms with Crippen molar-refractivity contribution >= 4 is 29.2 Å². The third kappa shape index (κ3) is 5.09. The Morgan fingerprint density at radius 3 is 2.88 bits per heavy atom. The first-order valence-corrected chi connectivity index (χ1v) is 8.89. The van der Waals surface area contributed by atoms with Gasteiger partial charge in [0.1, 0.15) is 5.75 Å². The molecule has 1 saturated heterocycles. The molecule has 0 saturated carbocycles. The van der Waals surface area contributed by atoms with Crippen LogP contribution in [0.4, 0.5) is 5.69 Å². The van der Waals surface area contributed by atoms with E-state index in [4.69, 9.17) is 21.1 Å². The molecule has 2 rings (SSSR count). The van der Waals surface area contributed by atoms with E-state index in [0.29, 0.717) is 29.6 Å². The number of esters is 1. The van der Waals surface area contributed by atoms with Crippen molar-refractivity contribution in [3.05, 3.63) is 23.2 Å². The Balaban J connectivity index is 2.02. The maximum absolute atomic E-state index is 12.6. The number of hydrogen-bond acceptors (Lipinski definition) is 5. The minimum absolute atomic E-state index is 0.162. The van der Waals surface area contributed by atoms with Crippen molar-refractivity contribution in [1.82, 2.24) is 4.90 Å². The van der Waals surface area contributed by atoms with Crippen molar-refractivity contribution in [1.29, 1.82) is 0 Å². The first-order chi connectivity index (χ1) is 12.0. The zero-order valence-electron chi connectivity index (χ0n) is 14.9. The van der Waals surface area contributed by atoms with Gasteiger partial charge in [-0.15, -0.1) is 0 Å². The number of likely N-dealkylation sites (tertiary alicyclic amines) is 1. The largest absolute Gasteiger partial charge is 0.495 e. The van der Waals surface area contributed by atoms with Crippen molar-refractivity contribution in [3.8, 4) is 5.75 Å². The van der Waals surface area contributed by atoms with E-state index >= 15 is 0 Å². The molecule has 7 heteroatoms. The third-order valence-corrected chi connectivity index (χ3v) is 4.65. The lowest BCUT2D eigenvalue weighted by molar-refractivity contribution is -0.150. The quantitative estimate of drug-likeness (QED) is 0.782. The van der Waals surface area contributed by atoms with Crippen LogP contribution in [0.3, 0.4) is 0 Å². The summed E-state index contributed by atoms with van der Waals surface area (Å²) in [6, 6.07) is 4.69. The number of benzene rings is 1. The zero-order valence-corrected chi connectivity index (χ0v) is 15.6. The molecule has 6 nitrogen and oxygen atoms in total. The van der Waals surface area contributed by atoms with Crippen molar-refractivity contribution < 1.29 is 19.1 Å². The zero-order chi connectivity index (χ0) is 18.4. The normalized spacial score (nSPS) is 19.1. The van der Waals surface area contributed by atoms with E-state index in [0.717, 1.165) is 19.4 Å². The number of hydrogen-bond donors (Lipinski definition) is 1. The van der Waals surface area contributed by atoms with Crippen LogP contribution >= 0.6 is 11.6 Å². The molecule has 0 aliphatic carbocycles. The van der Waals surface area contributed by atoms with Gasteiger partial charge in [0.25, 0.3) is 0 Å². The number of ether oxygens (including phenoxy) is 2. The fraction of sp³-hybridized carbons (Fsp3) is 0.556. The summed E-state index contributed by atoms with van der Waals surface area (Å²) in [5, 5.41) is 3.38. The smallest absolute Gasteiger partial charge is 0.310 e. The van der Waals surface area contributed by atoms with E-state index in [1.54, 1.807) is 25.1 Å². The van der Waals surface area contributed by atoms with Gasteiger partial charge in [0.05, 0.1) is 31.4 Å². The number of rotatable bonds is 6. The van der Waals surface area contributed by atoms with Crippen molar-refractivity contribution in [2.75, 3.05) is 32.1 Å². The molecule has 1 amide bonds. The molecular formula is C18H25ClN2O4. The average Bonchev–Trinajstić information content (AvgIpc) is 2.61. The number of nitrogens with zero attached hydrogens (tertiary/aromatic N) is 1.